The first-order valence-corrected chi connectivity index (χ1v) is 7.87. The Hall–Kier alpha value is -2.90. The van der Waals surface area contributed by atoms with Crippen molar-refractivity contribution in [3.63, 3.8) is 0 Å². The maximum Gasteiger partial charge on any atom is 0.303 e. The summed E-state index contributed by atoms with van der Waals surface area (Å²) in [6, 6.07) is 0. The Morgan fingerprint density at radius 2 is 1.64 bits per heavy atom. The van der Waals surface area contributed by atoms with E-state index >= 15 is 0 Å². The highest BCUT2D eigenvalue weighted by molar-refractivity contribution is 6.26. The minimum Gasteiger partial charge on any atom is -0.461 e. The van der Waals surface area contributed by atoms with E-state index in [1.54, 1.807) is 6.92 Å². The minimum absolute atomic E-state index is 0.141. The fourth-order valence-electron chi connectivity index (χ4n) is 2.88. The van der Waals surface area contributed by atoms with Crippen molar-refractivity contribution in [3.05, 3.63) is 33.8 Å². The SMILES string of the molecule is CC(=O)OCc1[nH]c2c(c1COC(C)=O)C(=O)C(C)=C(N1CC1)C2=O. The zero-order valence-corrected chi connectivity index (χ0v) is 14.2. The number of aromatic amines is 1. The predicted octanol–water partition coefficient (Wildman–Crippen LogP) is 1.11. The highest BCUT2D eigenvalue weighted by atomic mass is 16.5. The summed E-state index contributed by atoms with van der Waals surface area (Å²) < 4.78 is 10.00. The summed E-state index contributed by atoms with van der Waals surface area (Å²) >= 11 is 0. The molecule has 1 aliphatic carbocycles. The van der Waals surface area contributed by atoms with Gasteiger partial charge >= 0.3 is 11.9 Å². The van der Waals surface area contributed by atoms with E-state index in [-0.39, 0.29) is 36.0 Å². The molecule has 2 heterocycles. The van der Waals surface area contributed by atoms with E-state index in [2.05, 4.69) is 4.98 Å². The molecule has 1 aromatic rings. The van der Waals surface area contributed by atoms with Crippen molar-refractivity contribution in [1.82, 2.24) is 9.88 Å². The normalized spacial score (nSPS) is 16.0. The standard InChI is InChI=1S/C17H18N2O6/c1-8-15(19-4-5-19)17(23)14-13(16(8)22)11(6-24-9(2)20)12(18-14)7-25-10(3)21/h18H,4-7H2,1-3H3. The van der Waals surface area contributed by atoms with Gasteiger partial charge in [-0.25, -0.2) is 0 Å². The summed E-state index contributed by atoms with van der Waals surface area (Å²) in [7, 11) is 0. The van der Waals surface area contributed by atoms with Crippen molar-refractivity contribution in [2.45, 2.75) is 34.0 Å². The molecule has 0 atom stereocenters. The average Bonchev–Trinajstić information content (AvgIpc) is 3.29. The van der Waals surface area contributed by atoms with Crippen molar-refractivity contribution >= 4 is 23.5 Å². The van der Waals surface area contributed by atoms with Crippen LogP contribution in [-0.2, 0) is 32.3 Å². The van der Waals surface area contributed by atoms with E-state index < -0.39 is 11.9 Å². The minimum atomic E-state index is -0.514. The van der Waals surface area contributed by atoms with Crippen LogP contribution in [0.1, 0.15) is 52.9 Å². The summed E-state index contributed by atoms with van der Waals surface area (Å²) in [6.07, 6.45) is 0. The molecule has 8 nitrogen and oxygen atoms in total. The van der Waals surface area contributed by atoms with Gasteiger partial charge in [0.2, 0.25) is 5.78 Å². The summed E-state index contributed by atoms with van der Waals surface area (Å²) in [6.45, 7) is 5.28. The van der Waals surface area contributed by atoms with Gasteiger partial charge in [0.1, 0.15) is 18.9 Å². The number of Topliss-reactive ketones (excluding diaryl/α,β-unsaturated/α-hetero) is 2. The molecular weight excluding hydrogens is 328 g/mol. The Kier molecular flexibility index (Phi) is 4.20. The number of esters is 2. The van der Waals surface area contributed by atoms with Crippen LogP contribution in [-0.4, -0.2) is 46.5 Å². The molecule has 25 heavy (non-hydrogen) atoms. The number of hydrogen-bond acceptors (Lipinski definition) is 7. The molecule has 132 valence electrons. The number of allylic oxidation sites excluding steroid dienone is 2. The first kappa shape index (κ1) is 16.9. The van der Waals surface area contributed by atoms with Crippen LogP contribution in [0.3, 0.4) is 0 Å². The smallest absolute Gasteiger partial charge is 0.303 e. The van der Waals surface area contributed by atoms with Crippen LogP contribution in [0.2, 0.25) is 0 Å². The third-order valence-corrected chi connectivity index (χ3v) is 4.16. The van der Waals surface area contributed by atoms with Crippen LogP contribution in [0.5, 0.6) is 0 Å². The molecule has 0 radical (unpaired) electrons. The lowest BCUT2D eigenvalue weighted by Crippen LogP contribution is -2.25. The zero-order valence-electron chi connectivity index (χ0n) is 14.2. The first-order chi connectivity index (χ1) is 11.8. The van der Waals surface area contributed by atoms with Gasteiger partial charge in [0, 0.05) is 38.1 Å². The number of H-pyrrole nitrogens is 1. The third kappa shape index (κ3) is 3.07. The number of carbonyl (C=O) groups excluding carboxylic acids is 4. The number of ether oxygens (including phenoxy) is 2. The Bertz CT molecular complexity index is 828. The Morgan fingerprint density at radius 3 is 2.20 bits per heavy atom. The van der Waals surface area contributed by atoms with E-state index in [0.29, 0.717) is 22.5 Å². The van der Waals surface area contributed by atoms with Crippen LogP contribution in [0, 0.1) is 0 Å². The van der Waals surface area contributed by atoms with Gasteiger partial charge in [0.15, 0.2) is 5.78 Å². The Balaban J connectivity index is 2.05. The number of ketones is 2. The predicted molar refractivity (Wildman–Crippen MR) is 84.7 cm³/mol. The topological polar surface area (TPSA) is 106 Å². The van der Waals surface area contributed by atoms with Crippen molar-refractivity contribution in [1.29, 1.82) is 0 Å². The second kappa shape index (κ2) is 6.19. The molecule has 0 spiro atoms. The van der Waals surface area contributed by atoms with Gasteiger partial charge in [0.25, 0.3) is 0 Å². The van der Waals surface area contributed by atoms with Gasteiger partial charge in [0.05, 0.1) is 17.0 Å². The maximum atomic E-state index is 12.8. The van der Waals surface area contributed by atoms with Crippen molar-refractivity contribution < 1.29 is 28.7 Å². The molecule has 1 aliphatic heterocycles. The molecule has 2 aliphatic rings. The quantitative estimate of drug-likeness (QED) is 0.629. The van der Waals surface area contributed by atoms with Crippen LogP contribution in [0.25, 0.3) is 0 Å². The molecule has 3 rings (SSSR count). The van der Waals surface area contributed by atoms with Crippen LogP contribution in [0.15, 0.2) is 11.3 Å². The van der Waals surface area contributed by atoms with Gasteiger partial charge in [-0.3, -0.25) is 19.2 Å². The molecule has 0 amide bonds. The molecule has 1 saturated heterocycles. The molecule has 0 aromatic carbocycles. The van der Waals surface area contributed by atoms with Crippen LogP contribution >= 0.6 is 0 Å². The fourth-order valence-corrected chi connectivity index (χ4v) is 2.88. The van der Waals surface area contributed by atoms with Crippen molar-refractivity contribution in [2.75, 3.05) is 13.1 Å². The van der Waals surface area contributed by atoms with Crippen molar-refractivity contribution in [3.8, 4) is 0 Å². The third-order valence-electron chi connectivity index (χ3n) is 4.16. The highest BCUT2D eigenvalue weighted by Crippen LogP contribution is 2.34. The van der Waals surface area contributed by atoms with Gasteiger partial charge in [-0.2, -0.15) is 0 Å². The summed E-state index contributed by atoms with van der Waals surface area (Å²) in [4.78, 5) is 52.6. The second-order valence-electron chi connectivity index (χ2n) is 6.01. The Morgan fingerprint density at radius 1 is 1.04 bits per heavy atom. The van der Waals surface area contributed by atoms with Gasteiger partial charge < -0.3 is 19.4 Å². The van der Waals surface area contributed by atoms with E-state index in [4.69, 9.17) is 9.47 Å². The number of carbonyl (C=O) groups is 4. The summed E-state index contributed by atoms with van der Waals surface area (Å²) in [5, 5.41) is 0. The number of rotatable bonds is 5. The Labute approximate surface area is 143 Å². The van der Waals surface area contributed by atoms with Gasteiger partial charge in [-0.05, 0) is 6.92 Å². The maximum absolute atomic E-state index is 12.8. The number of fused-ring (bicyclic) bond motifs is 1. The summed E-state index contributed by atoms with van der Waals surface area (Å²) in [5.74, 6) is -1.57. The highest BCUT2D eigenvalue weighted by Gasteiger charge is 2.40. The van der Waals surface area contributed by atoms with E-state index in [1.807, 2.05) is 4.90 Å². The lowest BCUT2D eigenvalue weighted by atomic mass is 9.90. The number of nitrogens with zero attached hydrogens (tertiary/aromatic N) is 1. The largest absolute Gasteiger partial charge is 0.461 e. The number of nitrogens with one attached hydrogen (secondary N) is 1. The molecule has 0 bridgehead atoms. The molecular formula is C17H18N2O6. The van der Waals surface area contributed by atoms with E-state index in [0.717, 1.165) is 13.1 Å². The zero-order chi connectivity index (χ0) is 18.3. The van der Waals surface area contributed by atoms with Gasteiger partial charge in [-0.1, -0.05) is 0 Å². The van der Waals surface area contributed by atoms with Crippen molar-refractivity contribution in [2.24, 2.45) is 0 Å². The fraction of sp³-hybridized carbons (Fsp3) is 0.412. The number of aromatic nitrogens is 1. The lowest BCUT2D eigenvalue weighted by Gasteiger charge is -2.18. The average molecular weight is 346 g/mol. The number of hydrogen-bond donors (Lipinski definition) is 1. The molecule has 8 heteroatoms. The second-order valence-corrected chi connectivity index (χ2v) is 6.01. The molecule has 1 fully saturated rings. The van der Waals surface area contributed by atoms with E-state index in [9.17, 15) is 19.2 Å². The molecule has 0 unspecified atom stereocenters. The summed E-state index contributed by atoms with van der Waals surface area (Å²) in [5.41, 5.74) is 1.87. The first-order valence-electron chi connectivity index (χ1n) is 7.87. The monoisotopic (exact) mass is 346 g/mol. The van der Waals surface area contributed by atoms with Crippen LogP contribution in [0.4, 0.5) is 0 Å². The van der Waals surface area contributed by atoms with Crippen LogP contribution < -0.4 is 0 Å². The molecule has 0 saturated carbocycles. The van der Waals surface area contributed by atoms with E-state index in [1.165, 1.54) is 13.8 Å². The molecule has 1 N–H and O–H groups in total. The molecule has 1 aromatic heterocycles. The van der Waals surface area contributed by atoms with Gasteiger partial charge in [-0.15, -0.1) is 0 Å². The lowest BCUT2D eigenvalue weighted by molar-refractivity contribution is -0.144.